The van der Waals surface area contributed by atoms with Gasteiger partial charge in [0, 0.05) is 25.1 Å². The van der Waals surface area contributed by atoms with Gasteiger partial charge in [0.2, 0.25) is 0 Å². The van der Waals surface area contributed by atoms with Crippen molar-refractivity contribution in [1.82, 2.24) is 9.55 Å². The Balaban J connectivity index is 1.84. The van der Waals surface area contributed by atoms with Crippen LogP contribution in [-0.4, -0.2) is 80.8 Å². The summed E-state index contributed by atoms with van der Waals surface area (Å²) in [5.74, 6) is -1.03. The van der Waals surface area contributed by atoms with E-state index in [1.54, 1.807) is 0 Å². The zero-order valence-electron chi connectivity index (χ0n) is 31.1. The molecule has 2 heterocycles. The first kappa shape index (κ1) is 45.8. The Labute approximate surface area is 307 Å². The monoisotopic (exact) mass is 762 g/mol. The summed E-state index contributed by atoms with van der Waals surface area (Å²) in [6, 6.07) is 1.03. The maximum Gasteiger partial charge on any atom is 0.472 e. The highest BCUT2D eigenvalue weighted by atomic mass is 31.2. The van der Waals surface area contributed by atoms with E-state index in [9.17, 15) is 38.8 Å². The molecule has 15 nitrogen and oxygen atoms in total. The summed E-state index contributed by atoms with van der Waals surface area (Å²) in [6.07, 6.45) is 13.7. The third-order valence-electron chi connectivity index (χ3n) is 8.99. The van der Waals surface area contributed by atoms with Gasteiger partial charge in [-0.3, -0.25) is 33.0 Å². The Morgan fingerprint density at radius 1 is 0.788 bits per heavy atom. The minimum atomic E-state index is -4.85. The number of carbonyl (C=O) groups is 2. The van der Waals surface area contributed by atoms with E-state index in [-0.39, 0.29) is 19.4 Å². The van der Waals surface area contributed by atoms with Crippen LogP contribution < -0.4 is 11.2 Å². The number of phosphoric acid groups is 1. The fourth-order valence-corrected chi connectivity index (χ4v) is 6.65. The molecule has 0 aromatic carbocycles. The summed E-state index contributed by atoms with van der Waals surface area (Å²) in [5, 5.41) is 20.8. The van der Waals surface area contributed by atoms with Crippen molar-refractivity contribution in [3.63, 3.8) is 0 Å². The van der Waals surface area contributed by atoms with Crippen molar-refractivity contribution >= 4 is 19.8 Å². The topological polar surface area (TPSA) is 213 Å². The Morgan fingerprint density at radius 3 is 1.85 bits per heavy atom. The van der Waals surface area contributed by atoms with E-state index in [2.05, 4.69) is 13.8 Å². The van der Waals surface area contributed by atoms with Gasteiger partial charge in [0.15, 0.2) is 12.3 Å². The molecule has 1 fully saturated rings. The van der Waals surface area contributed by atoms with Crippen molar-refractivity contribution in [2.45, 2.75) is 173 Å². The maximum atomic E-state index is 12.8. The molecule has 1 aromatic rings. The molecule has 0 bridgehead atoms. The first-order valence-corrected chi connectivity index (χ1v) is 20.8. The van der Waals surface area contributed by atoms with Crippen LogP contribution in [0.3, 0.4) is 0 Å². The number of aromatic nitrogens is 2. The van der Waals surface area contributed by atoms with Crippen LogP contribution in [0.5, 0.6) is 0 Å². The quantitative estimate of drug-likeness (QED) is 0.0428. The van der Waals surface area contributed by atoms with E-state index >= 15 is 0 Å². The molecule has 52 heavy (non-hydrogen) atoms. The number of ether oxygens (including phenoxy) is 3. The highest BCUT2D eigenvalue weighted by molar-refractivity contribution is 7.47. The molecule has 1 aliphatic heterocycles. The van der Waals surface area contributed by atoms with E-state index in [1.165, 1.54) is 64.2 Å². The number of rotatable bonds is 30. The molecule has 300 valence electrons. The Kier molecular flexibility index (Phi) is 23.2. The summed E-state index contributed by atoms with van der Waals surface area (Å²) >= 11 is 0. The Bertz CT molecular complexity index is 1310. The van der Waals surface area contributed by atoms with E-state index < -0.39 is 74.9 Å². The molecular formula is C36H63N2O13P. The molecule has 16 heteroatoms. The zero-order valence-corrected chi connectivity index (χ0v) is 32.0. The lowest BCUT2D eigenvalue weighted by molar-refractivity contribution is -0.161. The molecule has 6 atom stereocenters. The van der Waals surface area contributed by atoms with Gasteiger partial charge in [0.05, 0.1) is 13.2 Å². The van der Waals surface area contributed by atoms with Crippen molar-refractivity contribution in [3.05, 3.63) is 33.1 Å². The second kappa shape index (κ2) is 26.4. The van der Waals surface area contributed by atoms with Crippen LogP contribution in [0.2, 0.25) is 0 Å². The average molecular weight is 763 g/mol. The SMILES string of the molecule is CCCCCCCCCCCC(=O)OC[C@H](COP(=O)(O)OC[C@H]1O[C@@H](n2ccc(=O)[nH]c2=O)[C@H](O)[C@@H]1O)OC(=O)CCCCCCCCCCC. The molecule has 0 aliphatic carbocycles. The predicted molar refractivity (Wildman–Crippen MR) is 194 cm³/mol. The normalized spacial score (nSPS) is 20.4. The second-order valence-corrected chi connectivity index (χ2v) is 15.0. The van der Waals surface area contributed by atoms with Crippen LogP contribution in [-0.2, 0) is 37.4 Å². The van der Waals surface area contributed by atoms with Gasteiger partial charge in [-0.25, -0.2) is 9.36 Å². The average Bonchev–Trinajstić information content (AvgIpc) is 3.39. The van der Waals surface area contributed by atoms with Crippen LogP contribution in [0, 0.1) is 0 Å². The summed E-state index contributed by atoms with van der Waals surface area (Å²) < 4.78 is 40.0. The van der Waals surface area contributed by atoms with Crippen LogP contribution in [0.4, 0.5) is 0 Å². The summed E-state index contributed by atoms with van der Waals surface area (Å²) in [4.78, 5) is 60.9. The molecule has 0 radical (unpaired) electrons. The smallest absolute Gasteiger partial charge is 0.462 e. The van der Waals surface area contributed by atoms with Crippen LogP contribution in [0.25, 0.3) is 0 Å². The molecule has 1 aromatic heterocycles. The second-order valence-electron chi connectivity index (χ2n) is 13.6. The first-order chi connectivity index (χ1) is 25.0. The summed E-state index contributed by atoms with van der Waals surface area (Å²) in [5.41, 5.74) is -1.57. The largest absolute Gasteiger partial charge is 0.472 e. The number of nitrogens with zero attached hydrogens (tertiary/aromatic N) is 1. The number of aliphatic hydroxyl groups excluding tert-OH is 2. The number of carbonyl (C=O) groups excluding carboxylic acids is 2. The fraction of sp³-hybridized carbons (Fsp3) is 0.833. The standard InChI is InChI=1S/C36H63N2O13P/c1-3-5-7-9-11-13-15-17-19-21-31(40)47-25-28(50-32(41)22-20-18-16-14-12-10-8-6-4-2)26-48-52(45,46)49-27-29-33(42)34(43)35(51-29)38-24-23-30(39)37-36(38)44/h23-24,28-29,33-35,42-43H,3-22,25-27H2,1-2H3,(H,45,46)(H,37,39,44)/t28-,29-,33-,34-,35-/m1/s1. The number of phosphoric ester groups is 1. The van der Waals surface area contributed by atoms with Gasteiger partial charge >= 0.3 is 25.5 Å². The van der Waals surface area contributed by atoms with Crippen LogP contribution in [0.1, 0.15) is 148 Å². The van der Waals surface area contributed by atoms with Crippen molar-refractivity contribution in [2.24, 2.45) is 0 Å². The van der Waals surface area contributed by atoms with Gasteiger partial charge in [-0.05, 0) is 12.8 Å². The lowest BCUT2D eigenvalue weighted by Crippen LogP contribution is -2.37. The molecule has 2 rings (SSSR count). The number of esters is 2. The van der Waals surface area contributed by atoms with Crippen LogP contribution in [0.15, 0.2) is 21.9 Å². The van der Waals surface area contributed by atoms with Gasteiger partial charge in [-0.1, -0.05) is 117 Å². The number of hydrogen-bond acceptors (Lipinski definition) is 12. The molecule has 0 spiro atoms. The Hall–Kier alpha value is -2.39. The van der Waals surface area contributed by atoms with Crippen molar-refractivity contribution < 1.29 is 52.5 Å². The Morgan fingerprint density at radius 2 is 1.31 bits per heavy atom. The molecule has 1 aliphatic rings. The maximum absolute atomic E-state index is 12.8. The number of nitrogens with one attached hydrogen (secondary N) is 1. The van der Waals surface area contributed by atoms with Gasteiger partial charge in [0.1, 0.15) is 24.9 Å². The van der Waals surface area contributed by atoms with Gasteiger partial charge in [-0.2, -0.15) is 0 Å². The van der Waals surface area contributed by atoms with E-state index in [0.717, 1.165) is 55.4 Å². The third kappa shape index (κ3) is 19.1. The van der Waals surface area contributed by atoms with Crippen molar-refractivity contribution in [1.29, 1.82) is 0 Å². The molecule has 4 N–H and O–H groups in total. The molecule has 1 saturated heterocycles. The number of aliphatic hydroxyl groups is 2. The lowest BCUT2D eigenvalue weighted by atomic mass is 10.1. The number of aromatic amines is 1. The number of unbranched alkanes of at least 4 members (excludes halogenated alkanes) is 16. The highest BCUT2D eigenvalue weighted by Crippen LogP contribution is 2.44. The molecule has 0 saturated carbocycles. The summed E-state index contributed by atoms with van der Waals surface area (Å²) in [6.45, 7) is 2.63. The molecule has 1 unspecified atom stereocenters. The van der Waals surface area contributed by atoms with E-state index in [0.29, 0.717) is 12.8 Å². The fourth-order valence-electron chi connectivity index (χ4n) is 5.89. The number of hydrogen-bond donors (Lipinski definition) is 4. The van der Waals surface area contributed by atoms with Crippen molar-refractivity contribution in [2.75, 3.05) is 19.8 Å². The number of H-pyrrole nitrogens is 1. The third-order valence-corrected chi connectivity index (χ3v) is 9.94. The lowest BCUT2D eigenvalue weighted by Gasteiger charge is -2.21. The summed E-state index contributed by atoms with van der Waals surface area (Å²) in [7, 11) is -4.85. The van der Waals surface area contributed by atoms with Crippen molar-refractivity contribution in [3.8, 4) is 0 Å². The van der Waals surface area contributed by atoms with E-state index in [4.69, 9.17) is 23.3 Å². The molecular weight excluding hydrogens is 699 g/mol. The van der Waals surface area contributed by atoms with Gasteiger partial charge in [0.25, 0.3) is 5.56 Å². The minimum Gasteiger partial charge on any atom is -0.462 e. The molecule has 0 amide bonds. The van der Waals surface area contributed by atoms with Gasteiger partial charge < -0.3 is 29.3 Å². The zero-order chi connectivity index (χ0) is 38.2. The van der Waals surface area contributed by atoms with E-state index in [1.807, 2.05) is 4.98 Å². The minimum absolute atomic E-state index is 0.130. The van der Waals surface area contributed by atoms with Gasteiger partial charge in [-0.15, -0.1) is 0 Å². The highest BCUT2D eigenvalue weighted by Gasteiger charge is 2.45. The first-order valence-electron chi connectivity index (χ1n) is 19.3. The predicted octanol–water partition coefficient (Wildman–Crippen LogP) is 5.59. The van der Waals surface area contributed by atoms with Crippen LogP contribution >= 0.6 is 7.82 Å².